The molecule has 0 radical (unpaired) electrons. The number of aliphatic hydroxyl groups is 1. The van der Waals surface area contributed by atoms with Gasteiger partial charge < -0.3 is 10.2 Å². The van der Waals surface area contributed by atoms with Gasteiger partial charge >= 0.3 is 12.1 Å². The predicted molar refractivity (Wildman–Crippen MR) is 117 cm³/mol. The van der Waals surface area contributed by atoms with Crippen LogP contribution in [0.5, 0.6) is 0 Å². The van der Waals surface area contributed by atoms with Crippen molar-refractivity contribution in [2.75, 3.05) is 6.61 Å². The minimum absolute atomic E-state index is 0.300. The van der Waals surface area contributed by atoms with Crippen LogP contribution < -0.4 is 4.57 Å². The second kappa shape index (κ2) is 12.6. The molecule has 0 bridgehead atoms. The van der Waals surface area contributed by atoms with Crippen molar-refractivity contribution in [2.24, 2.45) is 0 Å². The highest BCUT2D eigenvalue weighted by Gasteiger charge is 2.38. The summed E-state index contributed by atoms with van der Waals surface area (Å²) in [5, 5.41) is 16.0. The number of aliphatic hydroxyl groups excluding tert-OH is 1. The van der Waals surface area contributed by atoms with Crippen LogP contribution in [0.3, 0.4) is 0 Å². The molecule has 3 aromatic rings. The Morgan fingerprint density at radius 3 is 1.59 bits per heavy atom. The number of pyridine rings is 1. The molecule has 1 aromatic heterocycles. The molecule has 0 aliphatic carbocycles. The van der Waals surface area contributed by atoms with Crippen LogP contribution in [0.2, 0.25) is 0 Å². The van der Waals surface area contributed by atoms with Crippen LogP contribution in [0, 0.1) is 0 Å². The van der Waals surface area contributed by atoms with Gasteiger partial charge in [0.15, 0.2) is 12.4 Å². The second-order valence-electron chi connectivity index (χ2n) is 7.22. The van der Waals surface area contributed by atoms with E-state index in [0.29, 0.717) is 6.61 Å². The lowest BCUT2D eigenvalue weighted by molar-refractivity contribution is -0.696. The molecule has 0 amide bonds. The van der Waals surface area contributed by atoms with Gasteiger partial charge in [0.25, 0.3) is 0 Å². The number of carboxylic acid groups (broad SMARTS) is 1. The zero-order chi connectivity index (χ0) is 23.4. The average Bonchev–Trinajstić information content (AvgIpc) is 2.80. The molecule has 4 nitrogen and oxygen atoms in total. The highest BCUT2D eigenvalue weighted by atomic mass is 19.4. The molecule has 0 atom stereocenters. The van der Waals surface area contributed by atoms with E-state index in [2.05, 4.69) is 83.7 Å². The minimum atomic E-state index is -5.08. The fourth-order valence-corrected chi connectivity index (χ4v) is 3.10. The summed E-state index contributed by atoms with van der Waals surface area (Å²) < 4.78 is 34.0. The number of halogens is 3. The highest BCUT2D eigenvalue weighted by molar-refractivity contribution is 5.73. The molecule has 0 saturated carbocycles. The first-order valence-electron chi connectivity index (χ1n) is 10.4. The number of benzene rings is 2. The maximum atomic E-state index is 10.6. The fourth-order valence-electron chi connectivity index (χ4n) is 3.10. The van der Waals surface area contributed by atoms with Gasteiger partial charge in [0.1, 0.15) is 6.54 Å². The lowest BCUT2D eigenvalue weighted by atomic mass is 10.0. The Hall–Kier alpha value is -3.19. The molecule has 0 aliphatic heterocycles. The Balaban J connectivity index is 0.000000451. The average molecular weight is 446 g/mol. The number of hydrogen-bond donors (Lipinski definition) is 2. The first-order valence-corrected chi connectivity index (χ1v) is 10.4. The summed E-state index contributed by atoms with van der Waals surface area (Å²) in [6.45, 7) is 1.31. The molecule has 7 heteroatoms. The van der Waals surface area contributed by atoms with Crippen molar-refractivity contribution in [3.05, 3.63) is 79.1 Å². The smallest absolute Gasteiger partial charge is 0.475 e. The summed E-state index contributed by atoms with van der Waals surface area (Å²) >= 11 is 0. The molecular formula is C25H27F3NO3+. The zero-order valence-corrected chi connectivity index (χ0v) is 17.6. The number of aromatic nitrogens is 1. The molecule has 0 aliphatic rings. The van der Waals surface area contributed by atoms with Crippen LogP contribution in [0.1, 0.15) is 25.7 Å². The van der Waals surface area contributed by atoms with Gasteiger partial charge in [0.2, 0.25) is 0 Å². The molecule has 3 rings (SSSR count). The van der Waals surface area contributed by atoms with Crippen LogP contribution in [0.25, 0.3) is 22.3 Å². The van der Waals surface area contributed by atoms with Gasteiger partial charge in [-0.3, -0.25) is 0 Å². The number of carboxylic acids is 1. The van der Waals surface area contributed by atoms with Gasteiger partial charge in [-0.15, -0.1) is 0 Å². The van der Waals surface area contributed by atoms with Gasteiger partial charge in [-0.05, 0) is 30.0 Å². The van der Waals surface area contributed by atoms with Gasteiger partial charge in [-0.25, -0.2) is 9.36 Å². The van der Waals surface area contributed by atoms with Crippen LogP contribution in [0.15, 0.2) is 79.1 Å². The van der Waals surface area contributed by atoms with Crippen LogP contribution >= 0.6 is 0 Å². The molecule has 0 saturated heterocycles. The molecule has 0 unspecified atom stereocenters. The lowest BCUT2D eigenvalue weighted by Crippen LogP contribution is -2.33. The van der Waals surface area contributed by atoms with E-state index in [9.17, 15) is 13.2 Å². The van der Waals surface area contributed by atoms with E-state index < -0.39 is 12.1 Å². The summed E-state index contributed by atoms with van der Waals surface area (Å²) in [6, 6.07) is 23.4. The number of aliphatic carboxylic acids is 1. The summed E-state index contributed by atoms with van der Waals surface area (Å²) in [6.07, 6.45) is 3.70. The molecule has 0 spiro atoms. The van der Waals surface area contributed by atoms with Gasteiger partial charge in [0, 0.05) is 24.2 Å². The van der Waals surface area contributed by atoms with E-state index >= 15 is 0 Å². The number of nitrogens with zero attached hydrogens (tertiary/aromatic N) is 1. The Morgan fingerprint density at radius 1 is 0.750 bits per heavy atom. The SMILES string of the molecule is O=C(O)C(F)(F)F.OCCCCCC[n+]1cc(-c2ccccc2)cc(-c2ccccc2)c1. The number of hydrogen-bond acceptors (Lipinski definition) is 2. The summed E-state index contributed by atoms with van der Waals surface area (Å²) in [5.74, 6) is -2.76. The van der Waals surface area contributed by atoms with Crippen molar-refractivity contribution >= 4 is 5.97 Å². The first kappa shape index (κ1) is 25.1. The van der Waals surface area contributed by atoms with E-state index in [4.69, 9.17) is 15.0 Å². The van der Waals surface area contributed by atoms with Crippen LogP contribution in [-0.2, 0) is 11.3 Å². The Labute approximate surface area is 185 Å². The van der Waals surface area contributed by atoms with Crippen LogP contribution in [0.4, 0.5) is 13.2 Å². The predicted octanol–water partition coefficient (Wildman–Crippen LogP) is 5.49. The summed E-state index contributed by atoms with van der Waals surface area (Å²) in [5.41, 5.74) is 4.98. The van der Waals surface area contributed by atoms with E-state index in [1.807, 2.05) is 0 Å². The zero-order valence-electron chi connectivity index (χ0n) is 17.6. The van der Waals surface area contributed by atoms with Crippen molar-refractivity contribution in [1.82, 2.24) is 0 Å². The molecule has 170 valence electrons. The van der Waals surface area contributed by atoms with Crippen molar-refractivity contribution in [2.45, 2.75) is 38.4 Å². The number of alkyl halides is 3. The molecule has 2 N–H and O–H groups in total. The monoisotopic (exact) mass is 446 g/mol. The molecule has 32 heavy (non-hydrogen) atoms. The Bertz CT molecular complexity index is 903. The van der Waals surface area contributed by atoms with Crippen molar-refractivity contribution in [3.63, 3.8) is 0 Å². The number of carbonyl (C=O) groups is 1. The molecule has 0 fully saturated rings. The first-order chi connectivity index (χ1) is 15.3. The normalized spacial score (nSPS) is 10.9. The lowest BCUT2D eigenvalue weighted by Gasteiger charge is -2.07. The second-order valence-corrected chi connectivity index (χ2v) is 7.22. The third-order valence-electron chi connectivity index (χ3n) is 4.70. The van der Waals surface area contributed by atoms with E-state index in [-0.39, 0.29) is 0 Å². The topological polar surface area (TPSA) is 61.4 Å². The van der Waals surface area contributed by atoms with E-state index in [0.717, 1.165) is 32.2 Å². The minimum Gasteiger partial charge on any atom is -0.475 e. The van der Waals surface area contributed by atoms with E-state index in [1.165, 1.54) is 22.3 Å². The maximum Gasteiger partial charge on any atom is 0.490 e. The van der Waals surface area contributed by atoms with Crippen molar-refractivity contribution < 1.29 is 32.7 Å². The quantitative estimate of drug-likeness (QED) is 0.355. The summed E-state index contributed by atoms with van der Waals surface area (Å²) in [4.78, 5) is 8.90. The van der Waals surface area contributed by atoms with E-state index in [1.54, 1.807) is 0 Å². The largest absolute Gasteiger partial charge is 0.490 e. The van der Waals surface area contributed by atoms with Gasteiger partial charge in [-0.2, -0.15) is 13.2 Å². The molecule has 1 heterocycles. The number of aryl methyl sites for hydroxylation is 1. The van der Waals surface area contributed by atoms with Crippen LogP contribution in [-0.4, -0.2) is 29.0 Å². The Morgan fingerprint density at radius 2 is 1.19 bits per heavy atom. The van der Waals surface area contributed by atoms with Gasteiger partial charge in [0.05, 0.1) is 0 Å². The third-order valence-corrected chi connectivity index (χ3v) is 4.70. The Kier molecular flexibility index (Phi) is 9.88. The number of unbranched alkanes of at least 4 members (excludes halogenated alkanes) is 3. The van der Waals surface area contributed by atoms with Crippen molar-refractivity contribution in [3.8, 4) is 22.3 Å². The third kappa shape index (κ3) is 8.51. The van der Waals surface area contributed by atoms with Gasteiger partial charge in [-0.1, -0.05) is 67.1 Å². The summed E-state index contributed by atoms with van der Waals surface area (Å²) in [7, 11) is 0. The molecular weight excluding hydrogens is 419 g/mol. The highest BCUT2D eigenvalue weighted by Crippen LogP contribution is 2.24. The standard InChI is InChI=1S/C23H26NO.C2HF3O2/c25-16-10-2-1-9-15-24-18-22(20-11-5-3-6-12-20)17-23(19-24)21-13-7-4-8-14-21;3-2(4,5)1(6)7/h3-8,11-14,17-19,25H,1-2,9-10,15-16H2;(H,6,7)/q+1;. The molecule has 2 aromatic carbocycles. The fraction of sp³-hybridized carbons (Fsp3) is 0.280. The maximum absolute atomic E-state index is 10.6. The number of rotatable bonds is 8. The van der Waals surface area contributed by atoms with Crippen molar-refractivity contribution in [1.29, 1.82) is 0 Å².